The van der Waals surface area contributed by atoms with E-state index in [2.05, 4.69) is 12.6 Å². The molecule has 0 fully saturated rings. The van der Waals surface area contributed by atoms with Crippen LogP contribution in [0.2, 0.25) is 0 Å². The number of anilines is 1. The molecule has 1 nitrogen and oxygen atoms in total. The topological polar surface area (TPSA) is 26.0 Å². The molecule has 0 saturated heterocycles. The molecule has 0 unspecified atom stereocenters. The molecule has 0 spiro atoms. The zero-order valence-corrected chi connectivity index (χ0v) is 8.88. The first kappa shape index (κ1) is 9.89. The molecule has 1 aromatic carbocycles. The maximum absolute atomic E-state index is 5.73. The fourth-order valence-corrected chi connectivity index (χ4v) is 1.72. The molecule has 1 aromatic rings. The highest BCUT2D eigenvalue weighted by Crippen LogP contribution is 2.20. The van der Waals surface area contributed by atoms with E-state index in [9.17, 15) is 0 Å². The molecular formula is C8H9NS3. The summed E-state index contributed by atoms with van der Waals surface area (Å²) in [6.07, 6.45) is 0. The lowest BCUT2D eigenvalue weighted by Crippen LogP contribution is -1.91. The van der Waals surface area contributed by atoms with Crippen LogP contribution in [0, 0.1) is 0 Å². The van der Waals surface area contributed by atoms with Crippen LogP contribution in [-0.2, 0) is 5.75 Å². The number of thioether (sulfide) groups is 1. The van der Waals surface area contributed by atoms with Crippen molar-refractivity contribution in [2.45, 2.75) is 5.75 Å². The predicted octanol–water partition coefficient (Wildman–Crippen LogP) is 2.72. The van der Waals surface area contributed by atoms with Crippen LogP contribution >= 0.6 is 36.6 Å². The fourth-order valence-electron chi connectivity index (χ4n) is 0.805. The average molecular weight is 215 g/mol. The van der Waals surface area contributed by atoms with E-state index in [-0.39, 0.29) is 0 Å². The molecule has 0 aliphatic heterocycles. The molecule has 2 N–H and O–H groups in total. The largest absolute Gasteiger partial charge is 0.398 e. The van der Waals surface area contributed by atoms with Gasteiger partial charge in [0, 0.05) is 11.4 Å². The third-order valence-corrected chi connectivity index (χ3v) is 2.85. The molecule has 0 aliphatic rings. The molecule has 1 rings (SSSR count). The van der Waals surface area contributed by atoms with Crippen LogP contribution in [0.5, 0.6) is 0 Å². The molecular weight excluding hydrogens is 206 g/mol. The zero-order valence-electron chi connectivity index (χ0n) is 6.36. The summed E-state index contributed by atoms with van der Waals surface area (Å²) in [4.78, 5) is 0. The Morgan fingerprint density at radius 2 is 2.17 bits per heavy atom. The van der Waals surface area contributed by atoms with Crippen molar-refractivity contribution in [2.75, 3.05) is 5.73 Å². The van der Waals surface area contributed by atoms with Crippen molar-refractivity contribution < 1.29 is 0 Å². The number of thiocarbonyl (C=S) groups is 1. The van der Waals surface area contributed by atoms with Gasteiger partial charge in [-0.3, -0.25) is 0 Å². The maximum atomic E-state index is 5.73. The monoisotopic (exact) mass is 215 g/mol. The van der Waals surface area contributed by atoms with Gasteiger partial charge >= 0.3 is 0 Å². The van der Waals surface area contributed by atoms with Crippen LogP contribution in [0.1, 0.15) is 5.56 Å². The second kappa shape index (κ2) is 4.74. The van der Waals surface area contributed by atoms with Crippen molar-refractivity contribution >= 4 is 45.8 Å². The van der Waals surface area contributed by atoms with E-state index in [4.69, 9.17) is 18.0 Å². The Labute approximate surface area is 87.1 Å². The van der Waals surface area contributed by atoms with E-state index < -0.39 is 0 Å². The molecule has 0 amide bonds. The maximum Gasteiger partial charge on any atom is 0.101 e. The minimum Gasteiger partial charge on any atom is -0.398 e. The smallest absolute Gasteiger partial charge is 0.101 e. The number of nitrogens with two attached hydrogens (primary N) is 1. The minimum absolute atomic E-state index is 0.651. The van der Waals surface area contributed by atoms with E-state index in [0.717, 1.165) is 17.0 Å². The van der Waals surface area contributed by atoms with Crippen LogP contribution in [0.25, 0.3) is 0 Å². The molecule has 0 aromatic heterocycles. The molecule has 12 heavy (non-hydrogen) atoms. The number of rotatable bonds is 2. The summed E-state index contributed by atoms with van der Waals surface area (Å²) in [6, 6.07) is 7.77. The summed E-state index contributed by atoms with van der Waals surface area (Å²) in [5, 5.41) is 0. The molecule has 0 radical (unpaired) electrons. The van der Waals surface area contributed by atoms with Crippen LogP contribution in [0.4, 0.5) is 5.69 Å². The number of thiol groups is 1. The van der Waals surface area contributed by atoms with Crippen molar-refractivity contribution in [3.63, 3.8) is 0 Å². The summed E-state index contributed by atoms with van der Waals surface area (Å²) in [6.45, 7) is 0. The van der Waals surface area contributed by atoms with Gasteiger partial charge in [0.15, 0.2) is 0 Å². The van der Waals surface area contributed by atoms with E-state index in [1.165, 1.54) is 11.8 Å². The highest BCUT2D eigenvalue weighted by molar-refractivity contribution is 8.41. The summed E-state index contributed by atoms with van der Waals surface area (Å²) >= 11 is 10.4. The first-order valence-electron chi connectivity index (χ1n) is 3.39. The Kier molecular flexibility index (Phi) is 3.91. The van der Waals surface area contributed by atoms with Crippen molar-refractivity contribution in [1.82, 2.24) is 0 Å². The van der Waals surface area contributed by atoms with Gasteiger partial charge in [-0.2, -0.15) is 0 Å². The van der Waals surface area contributed by atoms with E-state index >= 15 is 0 Å². The van der Waals surface area contributed by atoms with E-state index in [0.29, 0.717) is 3.53 Å². The average Bonchev–Trinajstić information content (AvgIpc) is 2.03. The lowest BCUT2D eigenvalue weighted by atomic mass is 10.2. The highest BCUT2D eigenvalue weighted by Gasteiger charge is 1.98. The van der Waals surface area contributed by atoms with Gasteiger partial charge in [-0.25, -0.2) is 0 Å². The molecule has 64 valence electrons. The number of hydrogen-bond acceptors (Lipinski definition) is 3. The Hall–Kier alpha value is -0.190. The normalized spacial score (nSPS) is 9.75. The Bertz CT molecular complexity index is 285. The van der Waals surface area contributed by atoms with Gasteiger partial charge in [-0.05, 0) is 11.6 Å². The van der Waals surface area contributed by atoms with Crippen molar-refractivity contribution in [1.29, 1.82) is 0 Å². The second-order valence-electron chi connectivity index (χ2n) is 2.25. The Balaban J connectivity index is 2.63. The summed E-state index contributed by atoms with van der Waals surface area (Å²) in [7, 11) is 0. The first-order chi connectivity index (χ1) is 5.70. The zero-order chi connectivity index (χ0) is 8.97. The summed E-state index contributed by atoms with van der Waals surface area (Å²) in [5.74, 6) is 0.801. The van der Waals surface area contributed by atoms with Gasteiger partial charge < -0.3 is 5.73 Å². The molecule has 4 heteroatoms. The van der Waals surface area contributed by atoms with Gasteiger partial charge in [0.1, 0.15) is 3.53 Å². The van der Waals surface area contributed by atoms with E-state index in [1.54, 1.807) is 0 Å². The van der Waals surface area contributed by atoms with Crippen LogP contribution in [0.3, 0.4) is 0 Å². The summed E-state index contributed by atoms with van der Waals surface area (Å²) in [5.41, 5.74) is 7.65. The van der Waals surface area contributed by atoms with Crippen molar-refractivity contribution in [2.24, 2.45) is 0 Å². The van der Waals surface area contributed by atoms with Gasteiger partial charge in [0.05, 0.1) is 0 Å². The first-order valence-corrected chi connectivity index (χ1v) is 5.23. The summed E-state index contributed by atoms with van der Waals surface area (Å²) < 4.78 is 0.651. The van der Waals surface area contributed by atoms with Gasteiger partial charge in [0.2, 0.25) is 0 Å². The standard InChI is InChI=1S/C8H9NS3/c9-7-4-2-1-3-6(7)5-12-8(10)11/h1-4H,5,9H2,(H,10,11). The SMILES string of the molecule is Nc1ccccc1CSC(=S)S. The van der Waals surface area contributed by atoms with Crippen LogP contribution in [0.15, 0.2) is 24.3 Å². The van der Waals surface area contributed by atoms with E-state index in [1.807, 2.05) is 24.3 Å². The van der Waals surface area contributed by atoms with Gasteiger partial charge in [-0.1, -0.05) is 30.4 Å². The fraction of sp³-hybridized carbons (Fsp3) is 0.125. The highest BCUT2D eigenvalue weighted by atomic mass is 32.2. The Morgan fingerprint density at radius 3 is 2.75 bits per heavy atom. The third-order valence-electron chi connectivity index (χ3n) is 1.41. The number of benzene rings is 1. The van der Waals surface area contributed by atoms with Gasteiger partial charge in [0.25, 0.3) is 0 Å². The van der Waals surface area contributed by atoms with Crippen LogP contribution < -0.4 is 5.73 Å². The molecule has 0 bridgehead atoms. The van der Waals surface area contributed by atoms with Crippen LogP contribution in [-0.4, -0.2) is 3.53 Å². The molecule has 0 aliphatic carbocycles. The quantitative estimate of drug-likeness (QED) is 0.451. The lowest BCUT2D eigenvalue weighted by molar-refractivity contribution is 1.43. The molecule has 0 atom stereocenters. The number of hydrogen-bond donors (Lipinski definition) is 2. The molecule has 0 heterocycles. The van der Waals surface area contributed by atoms with Crippen molar-refractivity contribution in [3.05, 3.63) is 29.8 Å². The number of para-hydroxylation sites is 1. The lowest BCUT2D eigenvalue weighted by Gasteiger charge is -2.02. The minimum atomic E-state index is 0.651. The van der Waals surface area contributed by atoms with Gasteiger partial charge in [-0.15, -0.1) is 24.4 Å². The second-order valence-corrected chi connectivity index (χ2v) is 4.96. The van der Waals surface area contributed by atoms with Crippen molar-refractivity contribution in [3.8, 4) is 0 Å². The predicted molar refractivity (Wildman–Crippen MR) is 63.7 cm³/mol. The molecule has 0 saturated carbocycles. The third kappa shape index (κ3) is 3.05. The Morgan fingerprint density at radius 1 is 1.50 bits per heavy atom. The number of nitrogen functional groups attached to an aromatic ring is 1.